The highest BCUT2D eigenvalue weighted by molar-refractivity contribution is 7.09. The molecule has 1 saturated heterocycles. The van der Waals surface area contributed by atoms with Gasteiger partial charge in [0.25, 0.3) is 5.91 Å². The fraction of sp³-hybridized carbons (Fsp3) is 0.375. The summed E-state index contributed by atoms with van der Waals surface area (Å²) in [6.45, 7) is 2.81. The first-order chi connectivity index (χ1) is 11.7. The fourth-order valence-corrected chi connectivity index (χ4v) is 3.23. The van der Waals surface area contributed by atoms with Crippen molar-refractivity contribution in [3.63, 3.8) is 0 Å². The van der Waals surface area contributed by atoms with E-state index in [2.05, 4.69) is 15.3 Å². The lowest BCUT2D eigenvalue weighted by atomic mass is 10.3. The summed E-state index contributed by atoms with van der Waals surface area (Å²) in [6.07, 6.45) is 5.27. The summed E-state index contributed by atoms with van der Waals surface area (Å²) in [5, 5.41) is 4.92. The molecule has 0 aromatic carbocycles. The summed E-state index contributed by atoms with van der Waals surface area (Å²) in [7, 11) is 0. The number of urea groups is 1. The van der Waals surface area contributed by atoms with Crippen LogP contribution < -0.4 is 5.32 Å². The van der Waals surface area contributed by atoms with Crippen molar-refractivity contribution in [2.45, 2.75) is 13.0 Å². The van der Waals surface area contributed by atoms with Crippen molar-refractivity contribution >= 4 is 23.3 Å². The zero-order valence-electron chi connectivity index (χ0n) is 13.2. The summed E-state index contributed by atoms with van der Waals surface area (Å²) in [4.78, 5) is 37.3. The summed E-state index contributed by atoms with van der Waals surface area (Å²) in [5.74, 6) is -0.135. The Morgan fingerprint density at radius 2 is 2.00 bits per heavy atom. The molecule has 2 aromatic heterocycles. The molecule has 0 saturated carbocycles. The number of nitrogens with zero attached hydrogens (tertiary/aromatic N) is 4. The number of thiophene rings is 1. The summed E-state index contributed by atoms with van der Waals surface area (Å²) in [6, 6.07) is 3.88. The number of carbonyl (C=O) groups is 2. The molecule has 0 aliphatic carbocycles. The van der Waals surface area contributed by atoms with Crippen LogP contribution in [-0.2, 0) is 6.54 Å². The summed E-state index contributed by atoms with van der Waals surface area (Å²) in [5.41, 5.74) is 0.341. The molecule has 1 aliphatic heterocycles. The molecular formula is C16H19N5O2S. The Hall–Kier alpha value is -2.48. The van der Waals surface area contributed by atoms with Gasteiger partial charge in [0.15, 0.2) is 0 Å². The number of aromatic nitrogens is 2. The van der Waals surface area contributed by atoms with E-state index in [1.54, 1.807) is 27.3 Å². The Balaban J connectivity index is 1.53. The lowest BCUT2D eigenvalue weighted by Crippen LogP contribution is -2.42. The van der Waals surface area contributed by atoms with Crippen molar-refractivity contribution in [1.82, 2.24) is 25.1 Å². The van der Waals surface area contributed by atoms with Crippen molar-refractivity contribution < 1.29 is 9.59 Å². The Bertz CT molecular complexity index is 677. The van der Waals surface area contributed by atoms with Gasteiger partial charge in [0.1, 0.15) is 5.69 Å². The zero-order valence-corrected chi connectivity index (χ0v) is 14.0. The van der Waals surface area contributed by atoms with Gasteiger partial charge >= 0.3 is 6.03 Å². The Labute approximate surface area is 144 Å². The second-order valence-corrected chi connectivity index (χ2v) is 6.49. The lowest BCUT2D eigenvalue weighted by molar-refractivity contribution is 0.0756. The minimum atomic E-state index is -0.135. The first kappa shape index (κ1) is 16.4. The van der Waals surface area contributed by atoms with E-state index in [0.29, 0.717) is 38.4 Å². The minimum absolute atomic E-state index is 0.0859. The van der Waals surface area contributed by atoms with Gasteiger partial charge in [-0.05, 0) is 17.9 Å². The molecule has 2 aromatic rings. The third-order valence-corrected chi connectivity index (χ3v) is 4.72. The molecule has 7 nitrogen and oxygen atoms in total. The first-order valence-electron chi connectivity index (χ1n) is 7.84. The van der Waals surface area contributed by atoms with Crippen LogP contribution in [0, 0.1) is 0 Å². The second kappa shape index (κ2) is 7.87. The van der Waals surface area contributed by atoms with Crippen LogP contribution in [0.2, 0.25) is 0 Å². The normalized spacial score (nSPS) is 15.0. The molecule has 0 radical (unpaired) electrons. The molecule has 3 amide bonds. The van der Waals surface area contributed by atoms with Crippen LogP contribution in [0.4, 0.5) is 4.79 Å². The molecule has 3 rings (SSSR count). The van der Waals surface area contributed by atoms with E-state index in [9.17, 15) is 9.59 Å². The van der Waals surface area contributed by atoms with E-state index in [1.807, 2.05) is 17.5 Å². The molecule has 3 heterocycles. The third-order valence-electron chi connectivity index (χ3n) is 3.85. The largest absolute Gasteiger partial charge is 0.335 e. The van der Waals surface area contributed by atoms with Gasteiger partial charge in [-0.1, -0.05) is 6.07 Å². The molecule has 126 valence electrons. The maximum absolute atomic E-state index is 12.4. The highest BCUT2D eigenvalue weighted by atomic mass is 32.1. The van der Waals surface area contributed by atoms with Crippen LogP contribution in [0.25, 0.3) is 0 Å². The van der Waals surface area contributed by atoms with E-state index >= 15 is 0 Å². The smallest absolute Gasteiger partial charge is 0.317 e. The van der Waals surface area contributed by atoms with Crippen LogP contribution in [0.5, 0.6) is 0 Å². The quantitative estimate of drug-likeness (QED) is 0.916. The molecule has 0 spiro atoms. The third kappa shape index (κ3) is 4.08. The van der Waals surface area contributed by atoms with Crippen molar-refractivity contribution in [1.29, 1.82) is 0 Å². The Kier molecular flexibility index (Phi) is 5.37. The summed E-state index contributed by atoms with van der Waals surface area (Å²) >= 11 is 1.62. The van der Waals surface area contributed by atoms with E-state index in [1.165, 1.54) is 12.4 Å². The molecule has 0 bridgehead atoms. The fourth-order valence-electron chi connectivity index (χ4n) is 2.58. The molecule has 1 fully saturated rings. The maximum Gasteiger partial charge on any atom is 0.317 e. The second-order valence-electron chi connectivity index (χ2n) is 5.46. The van der Waals surface area contributed by atoms with Crippen LogP contribution in [0.1, 0.15) is 21.8 Å². The number of hydrogen-bond acceptors (Lipinski definition) is 5. The molecule has 8 heteroatoms. The van der Waals surface area contributed by atoms with Crippen molar-refractivity contribution in [2.75, 3.05) is 26.2 Å². The molecule has 1 N–H and O–H groups in total. The van der Waals surface area contributed by atoms with Gasteiger partial charge in [-0.25, -0.2) is 9.78 Å². The predicted molar refractivity (Wildman–Crippen MR) is 90.7 cm³/mol. The maximum atomic E-state index is 12.4. The van der Waals surface area contributed by atoms with Gasteiger partial charge in [-0.3, -0.25) is 9.78 Å². The van der Waals surface area contributed by atoms with Gasteiger partial charge in [-0.15, -0.1) is 11.3 Å². The number of carbonyl (C=O) groups excluding carboxylic acids is 2. The van der Waals surface area contributed by atoms with E-state index in [-0.39, 0.29) is 11.9 Å². The van der Waals surface area contributed by atoms with Crippen molar-refractivity contribution in [3.05, 3.63) is 46.7 Å². The standard InChI is InChI=1S/C16H19N5O2S/c22-15(14-12-17-4-5-18-14)20-6-2-7-21(9-8-20)16(23)19-11-13-3-1-10-24-13/h1,3-5,10,12H,2,6-9,11H2,(H,19,23). The van der Waals surface area contributed by atoms with Gasteiger partial charge < -0.3 is 15.1 Å². The number of nitrogens with one attached hydrogen (secondary N) is 1. The monoisotopic (exact) mass is 345 g/mol. The van der Waals surface area contributed by atoms with E-state index in [0.717, 1.165) is 11.3 Å². The zero-order chi connectivity index (χ0) is 16.8. The van der Waals surface area contributed by atoms with E-state index < -0.39 is 0 Å². The molecule has 0 atom stereocenters. The van der Waals surface area contributed by atoms with Gasteiger partial charge in [-0.2, -0.15) is 0 Å². The molecule has 24 heavy (non-hydrogen) atoms. The minimum Gasteiger partial charge on any atom is -0.335 e. The molecule has 0 unspecified atom stereocenters. The van der Waals surface area contributed by atoms with Crippen LogP contribution >= 0.6 is 11.3 Å². The predicted octanol–water partition coefficient (Wildman–Crippen LogP) is 1.60. The number of rotatable bonds is 3. The van der Waals surface area contributed by atoms with Crippen LogP contribution in [0.15, 0.2) is 36.1 Å². The van der Waals surface area contributed by atoms with Crippen molar-refractivity contribution in [3.8, 4) is 0 Å². The van der Waals surface area contributed by atoms with Gasteiger partial charge in [0.2, 0.25) is 0 Å². The average Bonchev–Trinajstić information content (AvgIpc) is 3.02. The van der Waals surface area contributed by atoms with E-state index in [4.69, 9.17) is 0 Å². The Morgan fingerprint density at radius 3 is 2.75 bits per heavy atom. The van der Waals surface area contributed by atoms with Crippen LogP contribution in [-0.4, -0.2) is 57.9 Å². The SMILES string of the molecule is O=C(NCc1cccs1)N1CCCN(C(=O)c2cnccn2)CC1. The Morgan fingerprint density at radius 1 is 1.17 bits per heavy atom. The summed E-state index contributed by atoms with van der Waals surface area (Å²) < 4.78 is 0. The first-order valence-corrected chi connectivity index (χ1v) is 8.72. The molecule has 1 aliphatic rings. The molecular weight excluding hydrogens is 326 g/mol. The van der Waals surface area contributed by atoms with Crippen molar-refractivity contribution in [2.24, 2.45) is 0 Å². The number of amides is 3. The topological polar surface area (TPSA) is 78.4 Å². The van der Waals surface area contributed by atoms with Gasteiger partial charge in [0.05, 0.1) is 12.7 Å². The highest BCUT2D eigenvalue weighted by Crippen LogP contribution is 2.10. The van der Waals surface area contributed by atoms with Crippen LogP contribution in [0.3, 0.4) is 0 Å². The lowest BCUT2D eigenvalue weighted by Gasteiger charge is -2.22. The van der Waals surface area contributed by atoms with Gasteiger partial charge in [0, 0.05) is 43.4 Å². The number of hydrogen-bond donors (Lipinski definition) is 1. The average molecular weight is 345 g/mol. The highest BCUT2D eigenvalue weighted by Gasteiger charge is 2.23.